The molecule has 2 aromatic rings. The van der Waals surface area contributed by atoms with E-state index in [9.17, 15) is 22.4 Å². The fourth-order valence-electron chi connectivity index (χ4n) is 6.03. The second-order valence-corrected chi connectivity index (χ2v) is 11.9. The molecule has 0 spiro atoms. The smallest absolute Gasteiger partial charge is 0.378 e. The van der Waals surface area contributed by atoms with Crippen molar-refractivity contribution >= 4 is 11.6 Å². The summed E-state index contributed by atoms with van der Waals surface area (Å²) in [5.74, 6) is -0.390. The first-order valence-corrected chi connectivity index (χ1v) is 13.8. The van der Waals surface area contributed by atoms with Crippen LogP contribution in [0.4, 0.5) is 23.2 Å². The van der Waals surface area contributed by atoms with Gasteiger partial charge >= 0.3 is 6.18 Å². The van der Waals surface area contributed by atoms with Gasteiger partial charge in [0.2, 0.25) is 5.91 Å². The van der Waals surface area contributed by atoms with Crippen molar-refractivity contribution in [2.75, 3.05) is 57.4 Å². The molecule has 1 amide bonds. The first kappa shape index (κ1) is 28.9. The van der Waals surface area contributed by atoms with Gasteiger partial charge in [-0.05, 0) is 42.7 Å². The van der Waals surface area contributed by atoms with E-state index >= 15 is 0 Å². The van der Waals surface area contributed by atoms with Gasteiger partial charge in [-0.25, -0.2) is 4.39 Å². The molecule has 7 nitrogen and oxygen atoms in total. The van der Waals surface area contributed by atoms with Gasteiger partial charge in [-0.2, -0.15) is 13.2 Å². The molecule has 11 heteroatoms. The number of hydrogen-bond donors (Lipinski definition) is 1. The predicted molar refractivity (Wildman–Crippen MR) is 144 cm³/mol. The summed E-state index contributed by atoms with van der Waals surface area (Å²) < 4.78 is 59.5. The number of carbonyl (C=O) groups excluding carboxylic acids is 1. The zero-order chi connectivity index (χ0) is 28.7. The van der Waals surface area contributed by atoms with Crippen molar-refractivity contribution in [2.24, 2.45) is 0 Å². The molecule has 0 aliphatic carbocycles. The van der Waals surface area contributed by atoms with E-state index in [0.717, 1.165) is 22.5 Å². The Labute approximate surface area is 232 Å². The van der Waals surface area contributed by atoms with Gasteiger partial charge in [0.25, 0.3) is 0 Å². The molecule has 40 heavy (non-hydrogen) atoms. The third-order valence-corrected chi connectivity index (χ3v) is 8.16. The van der Waals surface area contributed by atoms with E-state index in [4.69, 9.17) is 9.72 Å². The van der Waals surface area contributed by atoms with Crippen molar-refractivity contribution in [2.45, 2.75) is 56.9 Å². The molecular weight excluding hydrogens is 526 g/mol. The van der Waals surface area contributed by atoms with Gasteiger partial charge in [0.05, 0.1) is 31.1 Å². The maximum atomic E-state index is 13.8. The molecule has 4 heterocycles. The minimum atomic E-state index is -4.38. The van der Waals surface area contributed by atoms with Crippen LogP contribution in [-0.2, 0) is 21.4 Å². The standard InChI is InChI=1S/C29H37F4N5O2/c1-19-14-37(23(13-34-19)15-36-8-9-40-17-25(36)29(31,32)33)16-26(39)38-18-28(2,3)27-24(38)11-21(12-35-27)10-20-4-6-22(30)7-5-20/h4-7,11-12,19,23,25,34H,8-10,13-18H2,1-3H3/t19-,23-,25?/m1/s1. The fourth-order valence-corrected chi connectivity index (χ4v) is 6.03. The summed E-state index contributed by atoms with van der Waals surface area (Å²) in [6.07, 6.45) is -2.01. The van der Waals surface area contributed by atoms with Crippen LogP contribution in [0.25, 0.3) is 0 Å². The van der Waals surface area contributed by atoms with E-state index in [1.54, 1.807) is 17.0 Å². The van der Waals surface area contributed by atoms with Crippen LogP contribution in [0, 0.1) is 5.82 Å². The quantitative estimate of drug-likeness (QED) is 0.545. The largest absolute Gasteiger partial charge is 0.406 e. The van der Waals surface area contributed by atoms with Gasteiger partial charge in [0.1, 0.15) is 11.9 Å². The van der Waals surface area contributed by atoms with E-state index in [2.05, 4.69) is 19.2 Å². The molecule has 3 atom stereocenters. The first-order valence-electron chi connectivity index (χ1n) is 13.8. The van der Waals surface area contributed by atoms with Crippen LogP contribution >= 0.6 is 0 Å². The summed E-state index contributed by atoms with van der Waals surface area (Å²) in [7, 11) is 0. The number of nitrogens with one attached hydrogen (secondary N) is 1. The second kappa shape index (κ2) is 11.3. The number of amides is 1. The summed E-state index contributed by atoms with van der Waals surface area (Å²) in [5, 5.41) is 3.37. The molecule has 0 bridgehead atoms. The first-order chi connectivity index (χ1) is 18.9. The zero-order valence-corrected chi connectivity index (χ0v) is 23.2. The van der Waals surface area contributed by atoms with Gasteiger partial charge in [0.15, 0.2) is 0 Å². The highest BCUT2D eigenvalue weighted by Gasteiger charge is 2.47. The number of anilines is 1. The lowest BCUT2D eigenvalue weighted by Gasteiger charge is -2.44. The van der Waals surface area contributed by atoms with Crippen LogP contribution in [0.5, 0.6) is 0 Å². The number of morpholine rings is 1. The molecule has 0 saturated carbocycles. The Balaban J connectivity index is 1.33. The number of rotatable bonds is 6. The Morgan fingerprint density at radius 3 is 2.65 bits per heavy atom. The average molecular weight is 564 g/mol. The fraction of sp³-hybridized carbons (Fsp3) is 0.586. The normalized spacial score (nSPS) is 25.7. The number of fused-ring (bicyclic) bond motifs is 1. The molecule has 2 saturated heterocycles. The maximum Gasteiger partial charge on any atom is 0.406 e. The van der Waals surface area contributed by atoms with Crippen molar-refractivity contribution in [3.05, 3.63) is 59.2 Å². The molecule has 3 aliphatic rings. The number of pyridine rings is 1. The number of alkyl halides is 3. The molecule has 1 unspecified atom stereocenters. The zero-order valence-electron chi connectivity index (χ0n) is 23.2. The topological polar surface area (TPSA) is 60.9 Å². The molecule has 218 valence electrons. The summed E-state index contributed by atoms with van der Waals surface area (Å²) in [6.45, 7) is 8.05. The third-order valence-electron chi connectivity index (χ3n) is 8.16. The molecule has 1 aromatic carbocycles. The lowest BCUT2D eigenvalue weighted by Crippen LogP contribution is -2.63. The van der Waals surface area contributed by atoms with Crippen LogP contribution in [0.3, 0.4) is 0 Å². The van der Waals surface area contributed by atoms with E-state index in [-0.39, 0.29) is 62.1 Å². The summed E-state index contributed by atoms with van der Waals surface area (Å²) >= 11 is 0. The third kappa shape index (κ3) is 6.32. The number of hydrogen-bond acceptors (Lipinski definition) is 6. The number of aromatic nitrogens is 1. The Kier molecular flexibility index (Phi) is 8.20. The van der Waals surface area contributed by atoms with Gasteiger partial charge in [-0.3, -0.25) is 19.6 Å². The Morgan fingerprint density at radius 1 is 1.18 bits per heavy atom. The predicted octanol–water partition coefficient (Wildman–Crippen LogP) is 3.36. The molecule has 2 fully saturated rings. The summed E-state index contributed by atoms with van der Waals surface area (Å²) in [5.41, 5.74) is 3.12. The lowest BCUT2D eigenvalue weighted by molar-refractivity contribution is -0.213. The van der Waals surface area contributed by atoms with Crippen molar-refractivity contribution in [1.82, 2.24) is 20.1 Å². The Bertz CT molecular complexity index is 1210. The second-order valence-electron chi connectivity index (χ2n) is 11.9. The van der Waals surface area contributed by atoms with E-state index in [0.29, 0.717) is 26.1 Å². The number of piperazine rings is 1. The van der Waals surface area contributed by atoms with E-state index in [1.165, 1.54) is 17.0 Å². The van der Waals surface area contributed by atoms with Gasteiger partial charge < -0.3 is 15.0 Å². The SMILES string of the molecule is C[C@@H]1CN(CC(=O)N2CC(C)(C)c3ncc(Cc4ccc(F)cc4)cc32)[C@@H](CN2CCOCC2C(F)(F)F)CN1. The number of halogens is 4. The Morgan fingerprint density at radius 2 is 1.93 bits per heavy atom. The van der Waals surface area contributed by atoms with Crippen LogP contribution in [0.1, 0.15) is 37.6 Å². The highest BCUT2D eigenvalue weighted by atomic mass is 19.4. The maximum absolute atomic E-state index is 13.8. The molecule has 5 rings (SSSR count). The molecule has 1 aromatic heterocycles. The van der Waals surface area contributed by atoms with Crippen molar-refractivity contribution in [3.8, 4) is 0 Å². The average Bonchev–Trinajstić information content (AvgIpc) is 3.17. The van der Waals surface area contributed by atoms with Crippen molar-refractivity contribution in [3.63, 3.8) is 0 Å². The minimum Gasteiger partial charge on any atom is -0.378 e. The summed E-state index contributed by atoms with van der Waals surface area (Å²) in [4.78, 5) is 23.8. The number of carbonyl (C=O) groups is 1. The monoisotopic (exact) mass is 563 g/mol. The molecule has 1 N–H and O–H groups in total. The van der Waals surface area contributed by atoms with Crippen LogP contribution < -0.4 is 10.2 Å². The lowest BCUT2D eigenvalue weighted by atomic mass is 9.91. The van der Waals surface area contributed by atoms with Gasteiger partial charge in [-0.1, -0.05) is 26.0 Å². The van der Waals surface area contributed by atoms with E-state index in [1.807, 2.05) is 24.1 Å². The van der Waals surface area contributed by atoms with Crippen LogP contribution in [0.2, 0.25) is 0 Å². The highest BCUT2D eigenvalue weighted by molar-refractivity contribution is 5.97. The van der Waals surface area contributed by atoms with E-state index < -0.39 is 12.2 Å². The number of nitrogens with zero attached hydrogens (tertiary/aromatic N) is 4. The van der Waals surface area contributed by atoms with Gasteiger partial charge in [-0.15, -0.1) is 0 Å². The van der Waals surface area contributed by atoms with Crippen molar-refractivity contribution in [1.29, 1.82) is 0 Å². The highest BCUT2D eigenvalue weighted by Crippen LogP contribution is 2.40. The molecule has 0 radical (unpaired) electrons. The number of ether oxygens (including phenoxy) is 1. The number of benzene rings is 1. The summed E-state index contributed by atoms with van der Waals surface area (Å²) in [6, 6.07) is 6.52. The van der Waals surface area contributed by atoms with Crippen LogP contribution in [0.15, 0.2) is 36.5 Å². The minimum absolute atomic E-state index is 0.0963. The Hall–Kier alpha value is -2.60. The molecule has 3 aliphatic heterocycles. The van der Waals surface area contributed by atoms with Crippen LogP contribution in [-0.4, -0.2) is 97.5 Å². The molecular formula is C29H37F4N5O2. The van der Waals surface area contributed by atoms with Crippen molar-refractivity contribution < 1.29 is 27.1 Å². The van der Waals surface area contributed by atoms with Gasteiger partial charge in [0, 0.05) is 56.4 Å².